The highest BCUT2D eigenvalue weighted by atomic mass is 32.2. The predicted molar refractivity (Wildman–Crippen MR) is 94.6 cm³/mol. The highest BCUT2D eigenvalue weighted by Gasteiger charge is 2.16. The van der Waals surface area contributed by atoms with E-state index in [9.17, 15) is 12.8 Å². The first-order chi connectivity index (χ1) is 12.5. The molecule has 0 aliphatic carbocycles. The van der Waals surface area contributed by atoms with Crippen LogP contribution in [0.15, 0.2) is 74.8 Å². The monoisotopic (exact) mass is 377 g/mol. The van der Waals surface area contributed by atoms with Gasteiger partial charge in [-0.1, -0.05) is 0 Å². The van der Waals surface area contributed by atoms with Crippen LogP contribution < -0.4 is 0 Å². The van der Waals surface area contributed by atoms with Gasteiger partial charge in [-0.2, -0.15) is 0 Å². The van der Waals surface area contributed by atoms with Crippen LogP contribution in [-0.4, -0.2) is 25.6 Å². The summed E-state index contributed by atoms with van der Waals surface area (Å²) in [4.78, 5) is 2.21. The van der Waals surface area contributed by atoms with E-state index in [1.54, 1.807) is 12.5 Å². The molecule has 0 unspecified atom stereocenters. The van der Waals surface area contributed by atoms with Crippen LogP contribution in [0, 0.1) is 5.82 Å². The molecule has 26 heavy (non-hydrogen) atoms. The highest BCUT2D eigenvalue weighted by molar-refractivity contribution is 7.91. The summed E-state index contributed by atoms with van der Waals surface area (Å²) in [6.45, 7) is 1.68. The molecule has 3 rings (SSSR count). The summed E-state index contributed by atoms with van der Waals surface area (Å²) >= 11 is 0. The lowest BCUT2D eigenvalue weighted by Gasteiger charge is -2.20. The number of hydrogen-bond donors (Lipinski definition) is 0. The molecule has 0 aliphatic rings. The van der Waals surface area contributed by atoms with Crippen molar-refractivity contribution in [2.75, 3.05) is 12.3 Å². The van der Waals surface area contributed by atoms with Gasteiger partial charge in [0.1, 0.15) is 17.3 Å². The molecule has 2 heterocycles. The van der Waals surface area contributed by atoms with Gasteiger partial charge < -0.3 is 8.83 Å². The van der Waals surface area contributed by atoms with E-state index in [1.807, 2.05) is 24.3 Å². The Bertz CT molecular complexity index is 851. The van der Waals surface area contributed by atoms with Gasteiger partial charge in [-0.25, -0.2) is 12.8 Å². The van der Waals surface area contributed by atoms with E-state index >= 15 is 0 Å². The molecular formula is C19H20FNO4S. The fourth-order valence-corrected chi connectivity index (χ4v) is 3.99. The zero-order valence-electron chi connectivity index (χ0n) is 14.2. The maximum atomic E-state index is 13.0. The van der Waals surface area contributed by atoms with E-state index in [0.717, 1.165) is 23.7 Å². The molecule has 0 fully saturated rings. The van der Waals surface area contributed by atoms with E-state index < -0.39 is 15.7 Å². The predicted octanol–water partition coefficient (Wildman–Crippen LogP) is 3.88. The molecule has 0 amide bonds. The Kier molecular flexibility index (Phi) is 5.90. The Balaban J connectivity index is 1.60. The maximum absolute atomic E-state index is 13.0. The van der Waals surface area contributed by atoms with E-state index in [2.05, 4.69) is 4.90 Å². The topological polar surface area (TPSA) is 63.7 Å². The van der Waals surface area contributed by atoms with Crippen molar-refractivity contribution < 1.29 is 21.6 Å². The third-order valence-electron chi connectivity index (χ3n) is 3.98. The van der Waals surface area contributed by atoms with Crippen LogP contribution in [0.25, 0.3) is 0 Å². The fraction of sp³-hybridized carbons (Fsp3) is 0.263. The van der Waals surface area contributed by atoms with Crippen LogP contribution in [-0.2, 0) is 22.9 Å². The van der Waals surface area contributed by atoms with E-state index in [1.165, 1.54) is 12.1 Å². The second-order valence-corrected chi connectivity index (χ2v) is 8.10. The third kappa shape index (κ3) is 5.06. The Labute approximate surface area is 152 Å². The van der Waals surface area contributed by atoms with Crippen LogP contribution in [0.4, 0.5) is 4.39 Å². The van der Waals surface area contributed by atoms with Gasteiger partial charge in [0.2, 0.25) is 0 Å². The highest BCUT2D eigenvalue weighted by Crippen LogP contribution is 2.15. The lowest BCUT2D eigenvalue weighted by molar-refractivity contribution is 0.218. The largest absolute Gasteiger partial charge is 0.468 e. The van der Waals surface area contributed by atoms with Crippen molar-refractivity contribution in [3.05, 3.63) is 78.4 Å². The van der Waals surface area contributed by atoms with Crippen molar-refractivity contribution >= 4 is 9.84 Å². The third-order valence-corrected chi connectivity index (χ3v) is 5.80. The summed E-state index contributed by atoms with van der Waals surface area (Å²) in [6, 6.07) is 12.3. The number of hydrogen-bond acceptors (Lipinski definition) is 5. The molecule has 0 bridgehead atoms. The zero-order chi connectivity index (χ0) is 18.4. The molecule has 0 saturated heterocycles. The lowest BCUT2D eigenvalue weighted by atomic mass is 10.3. The molecular weight excluding hydrogens is 357 g/mol. The average Bonchev–Trinajstić information content (AvgIpc) is 3.29. The molecule has 0 aliphatic heterocycles. The van der Waals surface area contributed by atoms with Crippen molar-refractivity contribution in [2.24, 2.45) is 0 Å². The molecule has 1 aromatic carbocycles. The summed E-state index contributed by atoms with van der Waals surface area (Å²) in [7, 11) is -3.44. The Morgan fingerprint density at radius 1 is 0.885 bits per heavy atom. The standard InChI is InChI=1S/C19H20FNO4S/c20-16-6-8-19(9-7-16)26(22,23)13-3-10-21(14-17-4-1-11-24-17)15-18-5-2-12-25-18/h1-2,4-9,11-12H,3,10,13-15H2. The lowest BCUT2D eigenvalue weighted by Crippen LogP contribution is -2.25. The number of benzene rings is 1. The van der Waals surface area contributed by atoms with Gasteiger partial charge in [0.25, 0.3) is 0 Å². The quantitative estimate of drug-likeness (QED) is 0.530. The molecule has 5 nitrogen and oxygen atoms in total. The minimum atomic E-state index is -3.44. The van der Waals surface area contributed by atoms with Crippen molar-refractivity contribution in [1.29, 1.82) is 0 Å². The van der Waals surface area contributed by atoms with Gasteiger partial charge in [-0.15, -0.1) is 0 Å². The van der Waals surface area contributed by atoms with Crippen LogP contribution in [0.1, 0.15) is 17.9 Å². The van der Waals surface area contributed by atoms with Crippen molar-refractivity contribution in [2.45, 2.75) is 24.4 Å². The first-order valence-electron chi connectivity index (χ1n) is 8.28. The normalized spacial score (nSPS) is 11.9. The first-order valence-corrected chi connectivity index (χ1v) is 9.93. The Morgan fingerprint density at radius 2 is 1.46 bits per heavy atom. The maximum Gasteiger partial charge on any atom is 0.178 e. The number of furan rings is 2. The molecule has 0 spiro atoms. The smallest absolute Gasteiger partial charge is 0.178 e. The SMILES string of the molecule is O=S(=O)(CCCN(Cc1ccco1)Cc1ccco1)c1ccc(F)cc1. The first kappa shape index (κ1) is 18.4. The van der Waals surface area contributed by atoms with Gasteiger partial charge in [-0.3, -0.25) is 4.90 Å². The molecule has 138 valence electrons. The van der Waals surface area contributed by atoms with E-state index in [4.69, 9.17) is 8.83 Å². The number of rotatable bonds is 9. The Morgan fingerprint density at radius 3 is 1.96 bits per heavy atom. The van der Waals surface area contributed by atoms with Gasteiger partial charge in [0.05, 0.1) is 36.3 Å². The molecule has 0 radical (unpaired) electrons. The molecule has 0 N–H and O–H groups in total. The van der Waals surface area contributed by atoms with Gasteiger partial charge >= 0.3 is 0 Å². The summed E-state index contributed by atoms with van der Waals surface area (Å²) in [6.07, 6.45) is 3.67. The van der Waals surface area contributed by atoms with Crippen LogP contribution in [0.3, 0.4) is 0 Å². The van der Waals surface area contributed by atoms with E-state index in [-0.39, 0.29) is 10.6 Å². The van der Waals surface area contributed by atoms with Crippen molar-refractivity contribution in [3.63, 3.8) is 0 Å². The zero-order valence-corrected chi connectivity index (χ0v) is 15.0. The second kappa shape index (κ2) is 8.33. The Hall–Kier alpha value is -2.38. The summed E-state index contributed by atoms with van der Waals surface area (Å²) in [5.74, 6) is 1.15. The summed E-state index contributed by atoms with van der Waals surface area (Å²) in [5.41, 5.74) is 0. The molecule has 0 atom stereocenters. The molecule has 3 aromatic rings. The number of nitrogens with zero attached hydrogens (tertiary/aromatic N) is 1. The van der Waals surface area contributed by atoms with Crippen molar-refractivity contribution in [1.82, 2.24) is 4.90 Å². The van der Waals surface area contributed by atoms with Crippen LogP contribution >= 0.6 is 0 Å². The van der Waals surface area contributed by atoms with E-state index in [0.29, 0.717) is 26.1 Å². The van der Waals surface area contributed by atoms with Crippen LogP contribution in [0.2, 0.25) is 0 Å². The van der Waals surface area contributed by atoms with Gasteiger partial charge in [0, 0.05) is 6.54 Å². The fourth-order valence-electron chi connectivity index (χ4n) is 2.70. The average molecular weight is 377 g/mol. The van der Waals surface area contributed by atoms with Gasteiger partial charge in [-0.05, 0) is 55.0 Å². The van der Waals surface area contributed by atoms with Crippen LogP contribution in [0.5, 0.6) is 0 Å². The molecule has 7 heteroatoms. The molecule has 0 saturated carbocycles. The van der Waals surface area contributed by atoms with Gasteiger partial charge in [0.15, 0.2) is 9.84 Å². The summed E-state index contributed by atoms with van der Waals surface area (Å²) < 4.78 is 48.5. The minimum absolute atomic E-state index is 0.00849. The number of halogens is 1. The number of sulfone groups is 1. The van der Waals surface area contributed by atoms with Crippen molar-refractivity contribution in [3.8, 4) is 0 Å². The summed E-state index contributed by atoms with van der Waals surface area (Å²) in [5, 5.41) is 0. The minimum Gasteiger partial charge on any atom is -0.468 e. The second-order valence-electron chi connectivity index (χ2n) is 6.00. The molecule has 2 aromatic heterocycles.